The number of carbonyl (C=O) groups is 1. The van der Waals surface area contributed by atoms with Gasteiger partial charge in [0.15, 0.2) is 0 Å². The lowest BCUT2D eigenvalue weighted by Crippen LogP contribution is -2.21. The number of Topliss-reactive ketones (excluding diaryl/α,β-unsaturated/α-hetero) is 1. The average molecular weight is 341 g/mol. The van der Waals surface area contributed by atoms with Crippen LogP contribution in [-0.4, -0.2) is 10.9 Å². The third-order valence-electron chi connectivity index (χ3n) is 5.61. The molecule has 1 N–H and O–H groups in total. The van der Waals surface area contributed by atoms with E-state index in [1.807, 2.05) is 12.1 Å². The van der Waals surface area contributed by atoms with Gasteiger partial charge >= 0.3 is 0 Å². The molecule has 0 aliphatic heterocycles. The fraction of sp³-hybridized carbons (Fsp3) is 0.636. The largest absolute Gasteiger partial charge is 0.508 e. The van der Waals surface area contributed by atoms with Crippen LogP contribution in [0.3, 0.4) is 0 Å². The summed E-state index contributed by atoms with van der Waals surface area (Å²) in [7, 11) is 0. The highest BCUT2D eigenvalue weighted by Gasteiger charge is 2.30. The lowest BCUT2D eigenvalue weighted by molar-refractivity contribution is -0.121. The Kier molecular flexibility index (Phi) is 6.64. The fourth-order valence-electron chi connectivity index (χ4n) is 3.93. The van der Waals surface area contributed by atoms with E-state index >= 15 is 0 Å². The van der Waals surface area contributed by atoms with E-state index in [4.69, 9.17) is 5.26 Å². The van der Waals surface area contributed by atoms with Gasteiger partial charge in [-0.05, 0) is 41.4 Å². The molecule has 25 heavy (non-hydrogen) atoms. The number of hydrogen-bond acceptors (Lipinski definition) is 3. The Labute approximate surface area is 152 Å². The van der Waals surface area contributed by atoms with E-state index in [0.29, 0.717) is 19.3 Å². The van der Waals surface area contributed by atoms with Crippen LogP contribution < -0.4 is 0 Å². The summed E-state index contributed by atoms with van der Waals surface area (Å²) in [4.78, 5) is 11.9. The van der Waals surface area contributed by atoms with Crippen molar-refractivity contribution in [2.45, 2.75) is 83.5 Å². The van der Waals surface area contributed by atoms with E-state index in [2.05, 4.69) is 32.9 Å². The number of phenolic OH excluding ortho intramolecular Hbond substituents is 1. The molecule has 1 aliphatic carbocycles. The molecule has 1 saturated carbocycles. The highest BCUT2D eigenvalue weighted by molar-refractivity contribution is 5.81. The van der Waals surface area contributed by atoms with Gasteiger partial charge in [0.05, 0.1) is 12.0 Å². The van der Waals surface area contributed by atoms with E-state index in [1.54, 1.807) is 0 Å². The maximum atomic E-state index is 11.9. The first-order chi connectivity index (χ1) is 11.9. The molecule has 2 atom stereocenters. The van der Waals surface area contributed by atoms with Gasteiger partial charge in [-0.1, -0.05) is 58.6 Å². The fourth-order valence-corrected chi connectivity index (χ4v) is 3.93. The zero-order valence-electron chi connectivity index (χ0n) is 15.8. The molecule has 1 aromatic carbocycles. The minimum atomic E-state index is -0.222. The van der Waals surface area contributed by atoms with Crippen molar-refractivity contribution in [3.05, 3.63) is 29.3 Å². The number of phenols is 1. The van der Waals surface area contributed by atoms with Gasteiger partial charge in [0.2, 0.25) is 0 Å². The first-order valence-corrected chi connectivity index (χ1v) is 9.62. The van der Waals surface area contributed by atoms with E-state index in [0.717, 1.165) is 17.5 Å². The summed E-state index contributed by atoms with van der Waals surface area (Å²) in [6.07, 6.45) is 7.52. The zero-order valence-corrected chi connectivity index (χ0v) is 15.8. The summed E-state index contributed by atoms with van der Waals surface area (Å²) >= 11 is 0. The molecule has 0 saturated heterocycles. The quantitative estimate of drug-likeness (QED) is 0.655. The average Bonchev–Trinajstić information content (AvgIpc) is 2.58. The topological polar surface area (TPSA) is 61.1 Å². The molecule has 1 fully saturated rings. The molecule has 3 nitrogen and oxygen atoms in total. The van der Waals surface area contributed by atoms with Gasteiger partial charge < -0.3 is 5.11 Å². The van der Waals surface area contributed by atoms with Crippen molar-refractivity contribution in [2.75, 3.05) is 0 Å². The standard InChI is InChI=1S/C22H31NO2/c1-4-5-6-7-10-22(2,3)18-8-9-20(21(25)14-18)17-11-16(15-23)12-19(24)13-17/h8-9,14,16-17,25H,4-7,10-13H2,1-3H3. The summed E-state index contributed by atoms with van der Waals surface area (Å²) < 4.78 is 0. The van der Waals surface area contributed by atoms with Gasteiger partial charge in [-0.25, -0.2) is 0 Å². The molecule has 0 bridgehead atoms. The molecule has 0 heterocycles. The molecular formula is C22H31NO2. The van der Waals surface area contributed by atoms with Crippen molar-refractivity contribution in [1.29, 1.82) is 5.26 Å². The van der Waals surface area contributed by atoms with Crippen LogP contribution in [0.4, 0.5) is 0 Å². The van der Waals surface area contributed by atoms with Gasteiger partial charge in [-0.15, -0.1) is 0 Å². The Morgan fingerprint density at radius 3 is 2.64 bits per heavy atom. The Hall–Kier alpha value is -1.82. The first kappa shape index (κ1) is 19.5. The molecule has 0 spiro atoms. The number of nitriles is 1. The summed E-state index contributed by atoms with van der Waals surface area (Å²) in [6.45, 7) is 6.67. The minimum Gasteiger partial charge on any atom is -0.508 e. The molecule has 136 valence electrons. The third-order valence-corrected chi connectivity index (χ3v) is 5.61. The summed E-state index contributed by atoms with van der Waals surface area (Å²) in [5.41, 5.74) is 1.99. The van der Waals surface area contributed by atoms with Crippen molar-refractivity contribution >= 4 is 5.78 Å². The molecule has 0 radical (unpaired) electrons. The van der Waals surface area contributed by atoms with E-state index in [1.165, 1.54) is 25.7 Å². The number of nitrogens with zero attached hydrogens (tertiary/aromatic N) is 1. The maximum Gasteiger partial charge on any atom is 0.134 e. The van der Waals surface area contributed by atoms with E-state index in [9.17, 15) is 9.90 Å². The Balaban J connectivity index is 2.12. The first-order valence-electron chi connectivity index (χ1n) is 9.62. The highest BCUT2D eigenvalue weighted by Crippen LogP contribution is 2.40. The molecule has 1 aromatic rings. The molecule has 0 aromatic heterocycles. The van der Waals surface area contributed by atoms with Crippen molar-refractivity contribution in [2.24, 2.45) is 5.92 Å². The monoisotopic (exact) mass is 341 g/mol. The van der Waals surface area contributed by atoms with E-state index in [-0.39, 0.29) is 28.8 Å². The second-order valence-electron chi connectivity index (χ2n) is 8.17. The second kappa shape index (κ2) is 8.52. The highest BCUT2D eigenvalue weighted by atomic mass is 16.3. The Morgan fingerprint density at radius 2 is 2.00 bits per heavy atom. The number of benzene rings is 1. The van der Waals surface area contributed by atoms with Crippen molar-refractivity contribution in [3.63, 3.8) is 0 Å². The van der Waals surface area contributed by atoms with Crippen LogP contribution in [0.25, 0.3) is 0 Å². The van der Waals surface area contributed by atoms with Gasteiger partial charge in [-0.3, -0.25) is 4.79 Å². The summed E-state index contributed by atoms with van der Waals surface area (Å²) in [5, 5.41) is 19.7. The van der Waals surface area contributed by atoms with Gasteiger partial charge in [0.25, 0.3) is 0 Å². The summed E-state index contributed by atoms with van der Waals surface area (Å²) in [5.74, 6) is 0.144. The number of rotatable bonds is 7. The van der Waals surface area contributed by atoms with Crippen LogP contribution in [-0.2, 0) is 10.2 Å². The normalized spacial score (nSPS) is 21.1. The smallest absolute Gasteiger partial charge is 0.134 e. The lowest BCUT2D eigenvalue weighted by Gasteiger charge is -2.28. The van der Waals surface area contributed by atoms with Crippen molar-refractivity contribution < 1.29 is 9.90 Å². The van der Waals surface area contributed by atoms with Crippen molar-refractivity contribution in [3.8, 4) is 11.8 Å². The number of carbonyl (C=O) groups excluding carboxylic acids is 1. The minimum absolute atomic E-state index is 0.0291. The predicted molar refractivity (Wildman–Crippen MR) is 101 cm³/mol. The number of hydrogen-bond donors (Lipinski definition) is 1. The van der Waals surface area contributed by atoms with Crippen LogP contribution in [0.5, 0.6) is 5.75 Å². The lowest BCUT2D eigenvalue weighted by atomic mass is 9.75. The molecule has 1 aliphatic rings. The van der Waals surface area contributed by atoms with Crippen LogP contribution in [0.1, 0.15) is 89.2 Å². The third kappa shape index (κ3) is 5.08. The van der Waals surface area contributed by atoms with Crippen LogP contribution >= 0.6 is 0 Å². The maximum absolute atomic E-state index is 11.9. The predicted octanol–water partition coefficient (Wildman–Crippen LogP) is 5.62. The molecule has 3 heteroatoms. The Morgan fingerprint density at radius 1 is 1.24 bits per heavy atom. The number of ketones is 1. The van der Waals surface area contributed by atoms with Crippen LogP contribution in [0.2, 0.25) is 0 Å². The number of aromatic hydroxyl groups is 1. The second-order valence-corrected chi connectivity index (χ2v) is 8.17. The molecular weight excluding hydrogens is 310 g/mol. The molecule has 0 amide bonds. The van der Waals surface area contributed by atoms with Gasteiger partial charge in [-0.2, -0.15) is 5.26 Å². The zero-order chi connectivity index (χ0) is 18.4. The van der Waals surface area contributed by atoms with Crippen LogP contribution in [0, 0.1) is 17.2 Å². The SMILES string of the molecule is CCCCCCC(C)(C)c1ccc(C2CC(=O)CC(C#N)C2)c(O)c1. The van der Waals surface area contributed by atoms with Gasteiger partial charge in [0.1, 0.15) is 11.5 Å². The number of unbranched alkanes of at least 4 members (excludes halogenated alkanes) is 3. The molecule has 2 rings (SSSR count). The van der Waals surface area contributed by atoms with Crippen LogP contribution in [0.15, 0.2) is 18.2 Å². The van der Waals surface area contributed by atoms with E-state index < -0.39 is 0 Å². The van der Waals surface area contributed by atoms with Gasteiger partial charge in [0, 0.05) is 12.8 Å². The summed E-state index contributed by atoms with van der Waals surface area (Å²) in [6, 6.07) is 8.15. The molecule has 2 unspecified atom stereocenters. The van der Waals surface area contributed by atoms with Crippen molar-refractivity contribution in [1.82, 2.24) is 0 Å². The Bertz CT molecular complexity index is 642.